The molecule has 2 rings (SSSR count). The molecule has 0 aliphatic carbocycles. The number of thiocarbonyl (C=S) groups is 1. The molecule has 0 atom stereocenters. The Morgan fingerprint density at radius 2 is 1.93 bits per heavy atom. The lowest BCUT2D eigenvalue weighted by Gasteiger charge is -2.14. The van der Waals surface area contributed by atoms with E-state index in [0.29, 0.717) is 46.8 Å². The number of carbonyl (C=O) groups is 2. The van der Waals surface area contributed by atoms with Crippen LogP contribution in [0.1, 0.15) is 18.4 Å². The van der Waals surface area contributed by atoms with E-state index in [1.54, 1.807) is 32.4 Å². The Labute approximate surface area is 193 Å². The normalized spacial score (nSPS) is 14.8. The molecule has 10 heteroatoms. The first-order chi connectivity index (χ1) is 13.8. The summed E-state index contributed by atoms with van der Waals surface area (Å²) in [6.45, 7) is 1.43. The Morgan fingerprint density at radius 3 is 2.57 bits per heavy atom. The van der Waals surface area contributed by atoms with E-state index in [0.717, 1.165) is 5.56 Å². The van der Waals surface area contributed by atoms with Crippen LogP contribution in [-0.4, -0.2) is 74.0 Å². The van der Waals surface area contributed by atoms with E-state index in [2.05, 4.69) is 0 Å². The summed E-state index contributed by atoms with van der Waals surface area (Å²) in [5.41, 5.74) is 0.813. The highest BCUT2D eigenvalue weighted by Crippen LogP contribution is 2.34. The summed E-state index contributed by atoms with van der Waals surface area (Å²) in [5, 5.41) is 0. The van der Waals surface area contributed by atoms with E-state index in [1.165, 1.54) is 16.7 Å². The van der Waals surface area contributed by atoms with Gasteiger partial charge >= 0.3 is 5.97 Å². The molecular weight excluding hydrogens is 448 g/mol. The predicted molar refractivity (Wildman–Crippen MR) is 125 cm³/mol. The van der Waals surface area contributed by atoms with Gasteiger partial charge in [-0.2, -0.15) is 0 Å². The maximum absolute atomic E-state index is 12.7. The molecule has 0 N–H and O–H groups in total. The summed E-state index contributed by atoms with van der Waals surface area (Å²) in [7, 11) is 6.96. The molecular formula is C20H27ClN2O5S2. The van der Waals surface area contributed by atoms with Gasteiger partial charge in [0.1, 0.15) is 10.9 Å². The molecule has 1 aromatic carbocycles. The van der Waals surface area contributed by atoms with Crippen molar-refractivity contribution in [3.05, 3.63) is 28.7 Å². The Morgan fingerprint density at radius 1 is 1.23 bits per heavy atom. The van der Waals surface area contributed by atoms with Crippen LogP contribution in [0.15, 0.2) is 23.1 Å². The fraction of sp³-hybridized carbons (Fsp3) is 0.450. The zero-order valence-corrected chi connectivity index (χ0v) is 20.0. The van der Waals surface area contributed by atoms with Crippen molar-refractivity contribution < 1.29 is 23.8 Å². The van der Waals surface area contributed by atoms with Crippen LogP contribution < -0.4 is 9.47 Å². The van der Waals surface area contributed by atoms with Gasteiger partial charge in [0.25, 0.3) is 5.91 Å². The summed E-state index contributed by atoms with van der Waals surface area (Å²) in [6.07, 6.45) is 2.52. The van der Waals surface area contributed by atoms with Crippen LogP contribution in [0.4, 0.5) is 0 Å². The summed E-state index contributed by atoms with van der Waals surface area (Å²) in [5.74, 6) is 0.785. The van der Waals surface area contributed by atoms with E-state index < -0.39 is 0 Å². The van der Waals surface area contributed by atoms with Crippen molar-refractivity contribution in [3.63, 3.8) is 0 Å². The molecule has 0 spiro atoms. The highest BCUT2D eigenvalue weighted by Gasteiger charge is 2.31. The van der Waals surface area contributed by atoms with Crippen LogP contribution in [0.5, 0.6) is 11.5 Å². The molecule has 30 heavy (non-hydrogen) atoms. The Bertz CT molecular complexity index is 801. The Balaban J connectivity index is 0.00000450. The van der Waals surface area contributed by atoms with Gasteiger partial charge in [0.05, 0.1) is 19.1 Å². The summed E-state index contributed by atoms with van der Waals surface area (Å²) in [6, 6.07) is 5.43. The molecule has 0 unspecified atom stereocenters. The lowest BCUT2D eigenvalue weighted by molar-refractivity contribution is -0.144. The minimum absolute atomic E-state index is 0. The van der Waals surface area contributed by atoms with Crippen molar-refractivity contribution in [1.82, 2.24) is 9.80 Å². The van der Waals surface area contributed by atoms with Gasteiger partial charge < -0.3 is 19.1 Å². The number of likely N-dealkylation sites (N-methyl/N-ethyl adjacent to an activating group) is 1. The minimum Gasteiger partial charge on any atom is -0.493 e. The van der Waals surface area contributed by atoms with Gasteiger partial charge in [0.15, 0.2) is 11.5 Å². The number of hydrogen-bond donors (Lipinski definition) is 0. The average Bonchev–Trinajstić information content (AvgIpc) is 2.94. The molecule has 0 bridgehead atoms. The second kappa shape index (κ2) is 12.8. The van der Waals surface area contributed by atoms with E-state index in [4.69, 9.17) is 26.4 Å². The second-order valence-electron chi connectivity index (χ2n) is 6.58. The molecule has 1 fully saturated rings. The van der Waals surface area contributed by atoms with E-state index in [9.17, 15) is 9.59 Å². The maximum Gasteiger partial charge on any atom is 0.305 e. The molecule has 0 radical (unpaired) electrons. The fourth-order valence-corrected chi connectivity index (χ4v) is 3.89. The standard InChI is InChI=1S/C20H26N2O5S2.ClH/c1-21(2)10-11-27-18(23)6-5-9-22-19(24)17(29-20(22)28)13-14-7-8-15(25-3)16(12-14)26-4;/h7-8,12-13H,5-6,9-11H2,1-4H3;1H. The zero-order valence-electron chi connectivity index (χ0n) is 17.5. The summed E-state index contributed by atoms with van der Waals surface area (Å²) >= 11 is 6.59. The molecule has 1 aliphatic rings. The van der Waals surface area contributed by atoms with Crippen LogP contribution >= 0.6 is 36.4 Å². The van der Waals surface area contributed by atoms with Gasteiger partial charge in [0.2, 0.25) is 0 Å². The molecule has 7 nitrogen and oxygen atoms in total. The largest absolute Gasteiger partial charge is 0.493 e. The van der Waals surface area contributed by atoms with Crippen molar-refractivity contribution >= 4 is 58.7 Å². The SMILES string of the molecule is COc1ccc(C=C2SC(=S)N(CCCC(=O)OCCN(C)C)C2=O)cc1OC.Cl. The zero-order chi connectivity index (χ0) is 21.4. The van der Waals surface area contributed by atoms with Crippen LogP contribution in [0.25, 0.3) is 6.08 Å². The molecule has 1 saturated heterocycles. The van der Waals surface area contributed by atoms with Crippen molar-refractivity contribution in [3.8, 4) is 11.5 Å². The number of esters is 1. The number of ether oxygens (including phenoxy) is 3. The van der Waals surface area contributed by atoms with Gasteiger partial charge in [-0.05, 0) is 44.3 Å². The minimum atomic E-state index is -0.266. The number of rotatable bonds is 10. The van der Waals surface area contributed by atoms with Gasteiger partial charge in [0, 0.05) is 19.5 Å². The number of carbonyl (C=O) groups excluding carboxylic acids is 2. The number of benzene rings is 1. The lowest BCUT2D eigenvalue weighted by atomic mass is 10.2. The number of amides is 1. The summed E-state index contributed by atoms with van der Waals surface area (Å²) < 4.78 is 16.2. The molecule has 1 amide bonds. The molecule has 0 aromatic heterocycles. The molecule has 1 aliphatic heterocycles. The fourth-order valence-electron chi connectivity index (χ4n) is 2.58. The van der Waals surface area contributed by atoms with E-state index in [-0.39, 0.29) is 30.7 Å². The van der Waals surface area contributed by atoms with Crippen molar-refractivity contribution in [2.75, 3.05) is 48.0 Å². The van der Waals surface area contributed by atoms with Gasteiger partial charge in [-0.25, -0.2) is 0 Å². The first-order valence-corrected chi connectivity index (χ1v) is 10.4. The molecule has 0 saturated carbocycles. The van der Waals surface area contributed by atoms with Crippen LogP contribution in [0.3, 0.4) is 0 Å². The van der Waals surface area contributed by atoms with Crippen molar-refractivity contribution in [2.45, 2.75) is 12.8 Å². The third-order valence-electron chi connectivity index (χ3n) is 4.14. The quantitative estimate of drug-likeness (QED) is 0.291. The summed E-state index contributed by atoms with van der Waals surface area (Å²) in [4.78, 5) is 28.5. The maximum atomic E-state index is 12.7. The topological polar surface area (TPSA) is 68.3 Å². The Kier molecular flexibility index (Phi) is 11.2. The highest BCUT2D eigenvalue weighted by molar-refractivity contribution is 8.26. The molecule has 166 valence electrons. The second-order valence-corrected chi connectivity index (χ2v) is 8.25. The number of methoxy groups -OCH3 is 2. The van der Waals surface area contributed by atoms with Crippen LogP contribution in [0.2, 0.25) is 0 Å². The molecule has 1 heterocycles. The van der Waals surface area contributed by atoms with Crippen molar-refractivity contribution in [2.24, 2.45) is 0 Å². The highest BCUT2D eigenvalue weighted by atomic mass is 35.5. The van der Waals surface area contributed by atoms with Gasteiger partial charge in [-0.3, -0.25) is 14.5 Å². The third-order valence-corrected chi connectivity index (χ3v) is 5.52. The van der Waals surface area contributed by atoms with Crippen molar-refractivity contribution in [1.29, 1.82) is 0 Å². The van der Waals surface area contributed by atoms with Gasteiger partial charge in [-0.1, -0.05) is 30.0 Å². The number of halogens is 1. The number of nitrogens with zero attached hydrogens (tertiary/aromatic N) is 2. The Hall–Kier alpha value is -1.81. The van der Waals surface area contributed by atoms with Gasteiger partial charge in [-0.15, -0.1) is 12.4 Å². The number of hydrogen-bond acceptors (Lipinski definition) is 8. The third kappa shape index (κ3) is 7.46. The smallest absolute Gasteiger partial charge is 0.305 e. The first kappa shape index (κ1) is 26.2. The van der Waals surface area contributed by atoms with E-state index >= 15 is 0 Å². The monoisotopic (exact) mass is 474 g/mol. The average molecular weight is 475 g/mol. The van der Waals surface area contributed by atoms with Crippen LogP contribution in [0, 0.1) is 0 Å². The number of thioether (sulfide) groups is 1. The van der Waals surface area contributed by atoms with E-state index in [1.807, 2.05) is 25.1 Å². The molecule has 1 aromatic rings. The predicted octanol–water partition coefficient (Wildman–Crippen LogP) is 3.21. The first-order valence-electron chi connectivity index (χ1n) is 9.13. The lowest BCUT2D eigenvalue weighted by Crippen LogP contribution is -2.29. The van der Waals surface area contributed by atoms with Crippen LogP contribution in [-0.2, 0) is 14.3 Å².